The van der Waals surface area contributed by atoms with Crippen LogP contribution >= 0.6 is 0 Å². The van der Waals surface area contributed by atoms with Crippen LogP contribution in [0.25, 0.3) is 10.9 Å². The number of para-hydroxylation sites is 1. The minimum atomic E-state index is -1.71. The number of aliphatic carboxylic acids is 2. The van der Waals surface area contributed by atoms with E-state index in [0.717, 1.165) is 10.9 Å². The summed E-state index contributed by atoms with van der Waals surface area (Å²) in [6.45, 7) is 0.317. The van der Waals surface area contributed by atoms with Gasteiger partial charge in [0.2, 0.25) is 17.7 Å². The van der Waals surface area contributed by atoms with Crippen LogP contribution in [0.15, 0.2) is 54.7 Å². The molecule has 0 aliphatic carbocycles. The van der Waals surface area contributed by atoms with Gasteiger partial charge in [-0.2, -0.15) is 0 Å². The molecule has 4 atom stereocenters. The molecule has 0 aliphatic rings. The summed E-state index contributed by atoms with van der Waals surface area (Å²) in [5.74, 6) is -5.14. The minimum absolute atomic E-state index is 0.0292. The highest BCUT2D eigenvalue weighted by atomic mass is 16.4. The number of unbranched alkanes of at least 4 members (excludes halogenated alkanes) is 1. The van der Waals surface area contributed by atoms with Crippen molar-refractivity contribution in [3.05, 3.63) is 65.9 Å². The van der Waals surface area contributed by atoms with Gasteiger partial charge in [0.1, 0.15) is 23.9 Å². The fraction of sp³-hybridized carbons (Fsp3) is 0.367. The number of carboxylic acid groups (broad SMARTS) is 2. The number of H-pyrrole nitrogens is 1. The summed E-state index contributed by atoms with van der Waals surface area (Å²) in [4.78, 5) is 65.7. The Kier molecular flexibility index (Phi) is 12.2. The monoisotopic (exact) mass is 610 g/mol. The van der Waals surface area contributed by atoms with E-state index in [1.165, 1.54) is 12.1 Å². The SMILES string of the molecule is NCCCCC(NC(=O)C(Cc1c[nH]c2ccccc12)NC(=O)C(N)Cc1ccc(O)cc1)C(=O)NC(CC(=O)O)C(=O)O. The van der Waals surface area contributed by atoms with Gasteiger partial charge in [-0.1, -0.05) is 30.3 Å². The van der Waals surface area contributed by atoms with Crippen LogP contribution in [-0.2, 0) is 36.8 Å². The van der Waals surface area contributed by atoms with Gasteiger partial charge in [0, 0.05) is 23.5 Å². The van der Waals surface area contributed by atoms with Crippen molar-refractivity contribution >= 4 is 40.6 Å². The number of aromatic amines is 1. The number of benzene rings is 2. The Labute approximate surface area is 253 Å². The van der Waals surface area contributed by atoms with E-state index in [0.29, 0.717) is 30.5 Å². The number of aromatic nitrogens is 1. The average Bonchev–Trinajstić information content (AvgIpc) is 3.39. The largest absolute Gasteiger partial charge is 0.508 e. The molecule has 0 bridgehead atoms. The molecule has 236 valence electrons. The van der Waals surface area contributed by atoms with E-state index in [9.17, 15) is 34.2 Å². The zero-order valence-corrected chi connectivity index (χ0v) is 24.0. The first-order valence-corrected chi connectivity index (χ1v) is 14.1. The summed E-state index contributed by atoms with van der Waals surface area (Å²) in [7, 11) is 0. The van der Waals surface area contributed by atoms with Crippen LogP contribution in [-0.4, -0.2) is 80.7 Å². The third-order valence-electron chi connectivity index (χ3n) is 7.03. The van der Waals surface area contributed by atoms with Crippen LogP contribution < -0.4 is 27.4 Å². The Balaban J connectivity index is 1.83. The molecule has 1 aromatic heterocycles. The first kappa shape index (κ1) is 33.6. The van der Waals surface area contributed by atoms with Gasteiger partial charge in [0.05, 0.1) is 12.5 Å². The lowest BCUT2D eigenvalue weighted by Crippen LogP contribution is -2.58. The lowest BCUT2D eigenvalue weighted by molar-refractivity contribution is -0.147. The van der Waals surface area contributed by atoms with E-state index in [-0.39, 0.29) is 25.0 Å². The normalized spacial score (nSPS) is 13.8. The Bertz CT molecular complexity index is 1460. The van der Waals surface area contributed by atoms with E-state index in [4.69, 9.17) is 16.6 Å². The van der Waals surface area contributed by atoms with Gasteiger partial charge in [-0.3, -0.25) is 19.2 Å². The number of nitrogens with two attached hydrogens (primary N) is 2. The van der Waals surface area contributed by atoms with E-state index in [1.807, 2.05) is 24.3 Å². The number of fused-ring (bicyclic) bond motifs is 1. The summed E-state index contributed by atoms with van der Waals surface area (Å²) < 4.78 is 0. The number of hydrogen-bond acceptors (Lipinski definition) is 8. The molecular formula is C30H38N6O8. The highest BCUT2D eigenvalue weighted by molar-refractivity contribution is 5.95. The topological polar surface area (TPSA) is 250 Å². The molecule has 2 aromatic carbocycles. The third kappa shape index (κ3) is 9.81. The lowest BCUT2D eigenvalue weighted by atomic mass is 10.0. The molecule has 3 rings (SSSR count). The van der Waals surface area contributed by atoms with Crippen molar-refractivity contribution in [3.8, 4) is 5.75 Å². The average molecular weight is 611 g/mol. The smallest absolute Gasteiger partial charge is 0.326 e. The predicted octanol–water partition coefficient (Wildman–Crippen LogP) is 0.129. The zero-order valence-electron chi connectivity index (χ0n) is 24.0. The number of rotatable bonds is 17. The van der Waals surface area contributed by atoms with Gasteiger partial charge in [0.15, 0.2) is 0 Å². The number of carbonyl (C=O) groups excluding carboxylic acids is 3. The lowest BCUT2D eigenvalue weighted by Gasteiger charge is -2.25. The van der Waals surface area contributed by atoms with E-state index in [2.05, 4.69) is 20.9 Å². The van der Waals surface area contributed by atoms with Gasteiger partial charge in [-0.15, -0.1) is 0 Å². The second kappa shape index (κ2) is 16.0. The molecular weight excluding hydrogens is 572 g/mol. The molecule has 14 nitrogen and oxygen atoms in total. The zero-order chi connectivity index (χ0) is 32.2. The maximum atomic E-state index is 13.7. The van der Waals surface area contributed by atoms with Gasteiger partial charge in [-0.25, -0.2) is 4.79 Å². The first-order chi connectivity index (χ1) is 21.0. The van der Waals surface area contributed by atoms with Crippen molar-refractivity contribution in [1.82, 2.24) is 20.9 Å². The van der Waals surface area contributed by atoms with Crippen molar-refractivity contribution in [2.24, 2.45) is 11.5 Å². The summed E-state index contributed by atoms with van der Waals surface area (Å²) in [6.07, 6.45) is 2.01. The van der Waals surface area contributed by atoms with Crippen LogP contribution in [0.1, 0.15) is 36.8 Å². The number of hydrogen-bond donors (Lipinski definition) is 9. The van der Waals surface area contributed by atoms with E-state index >= 15 is 0 Å². The molecule has 3 aromatic rings. The quantitative estimate of drug-likeness (QED) is 0.0934. The van der Waals surface area contributed by atoms with Crippen molar-refractivity contribution in [2.45, 2.75) is 62.7 Å². The second-order valence-electron chi connectivity index (χ2n) is 10.4. The predicted molar refractivity (Wildman–Crippen MR) is 160 cm³/mol. The maximum absolute atomic E-state index is 13.7. The Morgan fingerprint density at radius 3 is 2.09 bits per heavy atom. The highest BCUT2D eigenvalue weighted by Gasteiger charge is 2.31. The number of carbonyl (C=O) groups is 5. The van der Waals surface area contributed by atoms with Crippen molar-refractivity contribution in [2.75, 3.05) is 6.54 Å². The van der Waals surface area contributed by atoms with Gasteiger partial charge < -0.3 is 47.7 Å². The van der Waals surface area contributed by atoms with Crippen molar-refractivity contribution in [3.63, 3.8) is 0 Å². The summed E-state index contributed by atoms with van der Waals surface area (Å²) in [5, 5.41) is 36.2. The van der Waals surface area contributed by atoms with Crippen LogP contribution in [0.3, 0.4) is 0 Å². The molecule has 0 saturated carbocycles. The second-order valence-corrected chi connectivity index (χ2v) is 10.4. The number of phenols is 1. The van der Waals surface area contributed by atoms with Crippen LogP contribution in [0, 0.1) is 0 Å². The minimum Gasteiger partial charge on any atom is -0.508 e. The van der Waals surface area contributed by atoms with E-state index in [1.54, 1.807) is 18.3 Å². The highest BCUT2D eigenvalue weighted by Crippen LogP contribution is 2.20. The first-order valence-electron chi connectivity index (χ1n) is 14.1. The van der Waals surface area contributed by atoms with Crippen molar-refractivity contribution < 1.29 is 39.3 Å². The number of amides is 3. The fourth-order valence-corrected chi connectivity index (χ4v) is 4.67. The van der Waals surface area contributed by atoms with Crippen molar-refractivity contribution in [1.29, 1.82) is 0 Å². The molecule has 0 fully saturated rings. The van der Waals surface area contributed by atoms with Gasteiger partial charge in [-0.05, 0) is 61.6 Å². The number of carboxylic acids is 2. The molecule has 0 saturated heterocycles. The third-order valence-corrected chi connectivity index (χ3v) is 7.03. The summed E-state index contributed by atoms with van der Waals surface area (Å²) >= 11 is 0. The Morgan fingerprint density at radius 1 is 0.795 bits per heavy atom. The Morgan fingerprint density at radius 2 is 1.43 bits per heavy atom. The fourth-order valence-electron chi connectivity index (χ4n) is 4.67. The molecule has 14 heteroatoms. The molecule has 1 heterocycles. The maximum Gasteiger partial charge on any atom is 0.326 e. The molecule has 44 heavy (non-hydrogen) atoms. The van der Waals surface area contributed by atoms with E-state index < -0.39 is 60.2 Å². The molecule has 4 unspecified atom stereocenters. The summed E-state index contributed by atoms with van der Waals surface area (Å²) in [6, 6.07) is 8.37. The van der Waals surface area contributed by atoms with Gasteiger partial charge in [0.25, 0.3) is 0 Å². The number of phenolic OH excluding ortho intramolecular Hbond substituents is 1. The number of aromatic hydroxyl groups is 1. The molecule has 0 radical (unpaired) electrons. The summed E-state index contributed by atoms with van der Waals surface area (Å²) in [5.41, 5.74) is 14.0. The Hall–Kier alpha value is -4.95. The van der Waals surface area contributed by atoms with Crippen LogP contribution in [0.5, 0.6) is 5.75 Å². The van der Waals surface area contributed by atoms with Gasteiger partial charge >= 0.3 is 11.9 Å². The molecule has 3 amide bonds. The van der Waals surface area contributed by atoms with Crippen LogP contribution in [0.4, 0.5) is 0 Å². The molecule has 11 N–H and O–H groups in total. The molecule has 0 aliphatic heterocycles. The standard InChI is InChI=1S/C30H38N6O8/c31-12-4-3-7-23(28(41)36-25(30(43)44)15-26(38)39)34-29(42)24(14-18-16-33-22-6-2-1-5-20(18)22)35-27(40)21(32)13-17-8-10-19(37)11-9-17/h1-2,5-6,8-11,16,21,23-25,33,37H,3-4,7,12-15,31-32H2,(H,34,42)(H,35,40)(H,36,41)(H,38,39)(H,43,44). The van der Waals surface area contributed by atoms with Crippen LogP contribution in [0.2, 0.25) is 0 Å². The molecule has 0 spiro atoms. The number of nitrogens with one attached hydrogen (secondary N) is 4.